The first-order chi connectivity index (χ1) is 9.52. The van der Waals surface area contributed by atoms with E-state index in [9.17, 15) is 9.18 Å². The third-order valence-corrected chi connectivity index (χ3v) is 2.92. The number of anilines is 1. The van der Waals surface area contributed by atoms with Crippen molar-refractivity contribution in [3.63, 3.8) is 0 Å². The summed E-state index contributed by atoms with van der Waals surface area (Å²) in [6.07, 6.45) is 0. The molecule has 20 heavy (non-hydrogen) atoms. The molecular formula is C14H17FN4O. The van der Waals surface area contributed by atoms with Crippen molar-refractivity contribution < 1.29 is 9.18 Å². The Morgan fingerprint density at radius 1 is 1.45 bits per heavy atom. The van der Waals surface area contributed by atoms with E-state index in [1.54, 1.807) is 12.1 Å². The summed E-state index contributed by atoms with van der Waals surface area (Å²) in [7, 11) is 0. The fourth-order valence-electron chi connectivity index (χ4n) is 1.84. The molecule has 0 spiro atoms. The van der Waals surface area contributed by atoms with Gasteiger partial charge >= 0.3 is 0 Å². The second-order valence-electron chi connectivity index (χ2n) is 4.73. The summed E-state index contributed by atoms with van der Waals surface area (Å²) in [6.45, 7) is 6.14. The number of benzene rings is 1. The first-order valence-corrected chi connectivity index (χ1v) is 6.52. The Kier molecular flexibility index (Phi) is 4.12. The molecule has 1 heterocycles. The van der Waals surface area contributed by atoms with Crippen LogP contribution in [-0.4, -0.2) is 27.6 Å². The van der Waals surface area contributed by atoms with Crippen LogP contribution in [0, 0.1) is 5.82 Å². The second-order valence-corrected chi connectivity index (χ2v) is 4.73. The molecule has 0 atom stereocenters. The largest absolute Gasteiger partial charge is 0.306 e. The Hall–Kier alpha value is -2.24. The van der Waals surface area contributed by atoms with E-state index in [4.69, 9.17) is 0 Å². The minimum atomic E-state index is -0.383. The summed E-state index contributed by atoms with van der Waals surface area (Å²) in [5.74, 6) is 0.185. The van der Waals surface area contributed by atoms with Crippen LogP contribution in [0.2, 0.25) is 0 Å². The number of amides is 1. The lowest BCUT2D eigenvalue weighted by molar-refractivity contribution is 0.0978. The van der Waals surface area contributed by atoms with Crippen LogP contribution in [0.25, 0.3) is 0 Å². The zero-order valence-corrected chi connectivity index (χ0v) is 11.7. The molecule has 106 valence electrons. The first-order valence-electron chi connectivity index (χ1n) is 6.52. The van der Waals surface area contributed by atoms with E-state index in [0.717, 1.165) is 0 Å². The topological polar surface area (TPSA) is 61.9 Å². The van der Waals surface area contributed by atoms with Gasteiger partial charge in [-0.3, -0.25) is 9.89 Å². The SMILES string of the molecule is CCN(C(=O)c1n[nH]c(C(C)C)n1)c1cccc(F)c1. The van der Waals surface area contributed by atoms with Crippen LogP contribution in [0.15, 0.2) is 24.3 Å². The maximum atomic E-state index is 13.3. The molecular weight excluding hydrogens is 259 g/mol. The molecule has 6 heteroatoms. The third-order valence-electron chi connectivity index (χ3n) is 2.92. The number of aromatic nitrogens is 3. The van der Waals surface area contributed by atoms with Crippen molar-refractivity contribution >= 4 is 11.6 Å². The van der Waals surface area contributed by atoms with Crippen LogP contribution in [0.4, 0.5) is 10.1 Å². The van der Waals surface area contributed by atoms with Gasteiger partial charge in [0.15, 0.2) is 0 Å². The van der Waals surface area contributed by atoms with Crippen LogP contribution < -0.4 is 4.90 Å². The van der Waals surface area contributed by atoms with Gasteiger partial charge < -0.3 is 4.90 Å². The van der Waals surface area contributed by atoms with E-state index in [1.807, 2.05) is 20.8 Å². The van der Waals surface area contributed by atoms with Gasteiger partial charge in [0.1, 0.15) is 11.6 Å². The van der Waals surface area contributed by atoms with E-state index in [1.165, 1.54) is 17.0 Å². The number of aromatic amines is 1. The number of hydrogen-bond acceptors (Lipinski definition) is 3. The van der Waals surface area contributed by atoms with Crippen molar-refractivity contribution in [2.75, 3.05) is 11.4 Å². The molecule has 5 nitrogen and oxygen atoms in total. The normalized spacial score (nSPS) is 10.8. The van der Waals surface area contributed by atoms with Gasteiger partial charge in [-0.25, -0.2) is 9.37 Å². The van der Waals surface area contributed by atoms with Crippen molar-refractivity contribution in [3.8, 4) is 0 Å². The highest BCUT2D eigenvalue weighted by Crippen LogP contribution is 2.17. The van der Waals surface area contributed by atoms with Crippen molar-refractivity contribution in [2.24, 2.45) is 0 Å². The molecule has 0 fully saturated rings. The molecule has 0 aliphatic rings. The Morgan fingerprint density at radius 3 is 2.75 bits per heavy atom. The molecule has 0 aliphatic carbocycles. The van der Waals surface area contributed by atoms with Crippen molar-refractivity contribution in [3.05, 3.63) is 41.7 Å². The molecule has 2 aromatic rings. The third kappa shape index (κ3) is 2.84. The minimum Gasteiger partial charge on any atom is -0.306 e. The first kappa shape index (κ1) is 14.2. The molecule has 0 saturated heterocycles. The molecule has 0 radical (unpaired) electrons. The average molecular weight is 276 g/mol. The van der Waals surface area contributed by atoms with E-state index < -0.39 is 0 Å². The number of halogens is 1. The van der Waals surface area contributed by atoms with Gasteiger partial charge in [0, 0.05) is 18.2 Å². The zero-order valence-electron chi connectivity index (χ0n) is 11.7. The molecule has 1 aromatic carbocycles. The fourth-order valence-corrected chi connectivity index (χ4v) is 1.84. The molecule has 0 aliphatic heterocycles. The summed E-state index contributed by atoms with van der Waals surface area (Å²) in [6, 6.07) is 5.90. The van der Waals surface area contributed by atoms with Gasteiger partial charge in [-0.15, -0.1) is 5.10 Å². The Balaban J connectivity index is 2.29. The van der Waals surface area contributed by atoms with Crippen molar-refractivity contribution in [2.45, 2.75) is 26.7 Å². The highest BCUT2D eigenvalue weighted by atomic mass is 19.1. The predicted molar refractivity (Wildman–Crippen MR) is 74.2 cm³/mol. The number of carbonyl (C=O) groups is 1. The Labute approximate surface area is 116 Å². The van der Waals surface area contributed by atoms with Gasteiger partial charge in [0.05, 0.1) is 0 Å². The number of nitrogens with one attached hydrogen (secondary N) is 1. The maximum Gasteiger partial charge on any atom is 0.297 e. The van der Waals surface area contributed by atoms with Crippen LogP contribution in [0.3, 0.4) is 0 Å². The smallest absolute Gasteiger partial charge is 0.297 e. The van der Waals surface area contributed by atoms with Gasteiger partial charge in [0.25, 0.3) is 5.91 Å². The monoisotopic (exact) mass is 276 g/mol. The summed E-state index contributed by atoms with van der Waals surface area (Å²) in [5, 5.41) is 6.68. The fraction of sp³-hybridized carbons (Fsp3) is 0.357. The maximum absolute atomic E-state index is 13.3. The predicted octanol–water partition coefficient (Wildman–Crippen LogP) is 2.73. The van der Waals surface area contributed by atoms with Gasteiger partial charge in [-0.1, -0.05) is 19.9 Å². The van der Waals surface area contributed by atoms with Crippen LogP contribution in [0.5, 0.6) is 0 Å². The molecule has 2 rings (SSSR count). The van der Waals surface area contributed by atoms with Crippen LogP contribution in [-0.2, 0) is 0 Å². The lowest BCUT2D eigenvalue weighted by Crippen LogP contribution is -2.31. The van der Waals surface area contributed by atoms with E-state index in [-0.39, 0.29) is 23.5 Å². The van der Waals surface area contributed by atoms with E-state index in [0.29, 0.717) is 18.1 Å². The van der Waals surface area contributed by atoms with Gasteiger partial charge in [-0.05, 0) is 25.1 Å². The summed E-state index contributed by atoms with van der Waals surface area (Å²) in [4.78, 5) is 18.0. The lowest BCUT2D eigenvalue weighted by atomic mass is 10.2. The number of nitrogens with zero attached hydrogens (tertiary/aromatic N) is 3. The molecule has 0 unspecified atom stereocenters. The van der Waals surface area contributed by atoms with Crippen LogP contribution in [0.1, 0.15) is 43.1 Å². The molecule has 0 saturated carbocycles. The second kappa shape index (κ2) is 5.81. The minimum absolute atomic E-state index is 0.0970. The Morgan fingerprint density at radius 2 is 2.20 bits per heavy atom. The summed E-state index contributed by atoms with van der Waals surface area (Å²) in [5.41, 5.74) is 0.494. The average Bonchev–Trinajstić information content (AvgIpc) is 2.89. The quantitative estimate of drug-likeness (QED) is 0.934. The highest BCUT2D eigenvalue weighted by molar-refractivity contribution is 6.03. The van der Waals surface area contributed by atoms with Crippen LogP contribution >= 0.6 is 0 Å². The number of H-pyrrole nitrogens is 1. The molecule has 1 amide bonds. The Bertz CT molecular complexity index is 609. The molecule has 0 bridgehead atoms. The van der Waals surface area contributed by atoms with E-state index >= 15 is 0 Å². The zero-order chi connectivity index (χ0) is 14.7. The number of hydrogen-bond donors (Lipinski definition) is 1. The van der Waals surface area contributed by atoms with Crippen molar-refractivity contribution in [1.82, 2.24) is 15.2 Å². The standard InChI is InChI=1S/C14H17FN4O/c1-4-19(11-7-5-6-10(15)8-11)14(20)13-16-12(9(2)3)17-18-13/h5-9H,4H2,1-3H3,(H,16,17,18). The van der Waals surface area contributed by atoms with Gasteiger partial charge in [0.2, 0.25) is 5.82 Å². The summed E-state index contributed by atoms with van der Waals surface area (Å²) >= 11 is 0. The van der Waals surface area contributed by atoms with E-state index in [2.05, 4.69) is 15.2 Å². The number of rotatable bonds is 4. The highest BCUT2D eigenvalue weighted by Gasteiger charge is 2.21. The summed E-state index contributed by atoms with van der Waals surface area (Å²) < 4.78 is 13.3. The van der Waals surface area contributed by atoms with Gasteiger partial charge in [-0.2, -0.15) is 0 Å². The number of carbonyl (C=O) groups excluding carboxylic acids is 1. The lowest BCUT2D eigenvalue weighted by Gasteiger charge is -2.19. The molecule has 1 aromatic heterocycles. The molecule has 1 N–H and O–H groups in total. The van der Waals surface area contributed by atoms with Crippen molar-refractivity contribution in [1.29, 1.82) is 0 Å².